The van der Waals surface area contributed by atoms with Crippen molar-refractivity contribution in [1.29, 1.82) is 0 Å². The number of benzene rings is 1. The first-order chi connectivity index (χ1) is 12.0. The topological polar surface area (TPSA) is 70.4 Å². The lowest BCUT2D eigenvalue weighted by molar-refractivity contribution is 0.0935. The molecule has 0 unspecified atom stereocenters. The van der Waals surface area contributed by atoms with E-state index in [1.54, 1.807) is 12.5 Å². The van der Waals surface area contributed by atoms with Gasteiger partial charge in [-0.05, 0) is 25.8 Å². The Bertz CT molecular complexity index is 698. The third-order valence-electron chi connectivity index (χ3n) is 4.66. The Morgan fingerprint density at radius 1 is 1.36 bits per heavy atom. The molecule has 1 saturated heterocycles. The van der Waals surface area contributed by atoms with Crippen molar-refractivity contribution in [2.45, 2.75) is 45.0 Å². The van der Waals surface area contributed by atoms with Crippen molar-refractivity contribution < 1.29 is 9.90 Å². The predicted octanol–water partition coefficient (Wildman–Crippen LogP) is 1.83. The molecule has 0 saturated carbocycles. The number of imidazole rings is 1. The molecule has 1 fully saturated rings. The van der Waals surface area contributed by atoms with Crippen molar-refractivity contribution in [3.05, 3.63) is 54.1 Å². The van der Waals surface area contributed by atoms with Crippen LogP contribution in [0.3, 0.4) is 0 Å². The van der Waals surface area contributed by atoms with Crippen LogP contribution in [0.1, 0.15) is 42.4 Å². The van der Waals surface area contributed by atoms with Crippen molar-refractivity contribution >= 4 is 5.91 Å². The van der Waals surface area contributed by atoms with Gasteiger partial charge in [-0.2, -0.15) is 0 Å². The van der Waals surface area contributed by atoms with E-state index in [4.69, 9.17) is 0 Å². The lowest BCUT2D eigenvalue weighted by Gasteiger charge is -2.24. The number of amides is 1. The van der Waals surface area contributed by atoms with Crippen LogP contribution >= 0.6 is 0 Å². The number of aliphatic hydroxyl groups excluding tert-OH is 1. The molecule has 0 aliphatic carbocycles. The van der Waals surface area contributed by atoms with Crippen LogP contribution in [-0.2, 0) is 6.54 Å². The van der Waals surface area contributed by atoms with Gasteiger partial charge in [0.1, 0.15) is 5.69 Å². The van der Waals surface area contributed by atoms with Crippen LogP contribution in [0.4, 0.5) is 0 Å². The molecule has 0 spiro atoms. The summed E-state index contributed by atoms with van der Waals surface area (Å²) in [6.45, 7) is 6.02. The van der Waals surface area contributed by atoms with Gasteiger partial charge in [-0.3, -0.25) is 9.69 Å². The molecule has 25 heavy (non-hydrogen) atoms. The number of likely N-dealkylation sites (tertiary alicyclic amines) is 1. The summed E-state index contributed by atoms with van der Waals surface area (Å²) in [6.07, 6.45) is 3.78. The van der Waals surface area contributed by atoms with Gasteiger partial charge in [0, 0.05) is 37.9 Å². The third kappa shape index (κ3) is 4.46. The maximum absolute atomic E-state index is 12.3. The SMILES string of the molecule is CC(C)n1cnc(C(=O)NC[C@@H]2C[C@H](O)CN2Cc2ccccc2)c1. The molecule has 2 heterocycles. The summed E-state index contributed by atoms with van der Waals surface area (Å²) in [7, 11) is 0. The van der Waals surface area contributed by atoms with Gasteiger partial charge >= 0.3 is 0 Å². The standard InChI is InChI=1S/C19H26N4O2/c1-14(2)23-12-18(21-13-23)19(25)20-9-16-8-17(24)11-22(16)10-15-6-4-3-5-7-15/h3-7,12-14,16-17,24H,8-11H2,1-2H3,(H,20,25)/t16-,17-/m0/s1. The largest absolute Gasteiger partial charge is 0.392 e. The van der Waals surface area contributed by atoms with Crippen LogP contribution in [0.5, 0.6) is 0 Å². The Morgan fingerprint density at radius 3 is 2.80 bits per heavy atom. The van der Waals surface area contributed by atoms with Crippen molar-refractivity contribution in [1.82, 2.24) is 19.8 Å². The number of nitrogens with one attached hydrogen (secondary N) is 1. The molecule has 2 aromatic rings. The highest BCUT2D eigenvalue weighted by molar-refractivity contribution is 5.92. The van der Waals surface area contributed by atoms with Crippen LogP contribution in [-0.4, -0.2) is 50.7 Å². The average molecular weight is 342 g/mol. The third-order valence-corrected chi connectivity index (χ3v) is 4.66. The number of rotatable bonds is 6. The molecular formula is C19H26N4O2. The number of carbonyl (C=O) groups is 1. The minimum absolute atomic E-state index is 0.131. The fourth-order valence-corrected chi connectivity index (χ4v) is 3.22. The molecule has 3 rings (SSSR count). The molecule has 1 aliphatic heterocycles. The average Bonchev–Trinajstić information content (AvgIpc) is 3.21. The smallest absolute Gasteiger partial charge is 0.271 e. The molecule has 6 heteroatoms. The van der Waals surface area contributed by atoms with Gasteiger partial charge in [0.2, 0.25) is 0 Å². The normalized spacial score (nSPS) is 21.0. The fraction of sp³-hybridized carbons (Fsp3) is 0.474. The molecule has 6 nitrogen and oxygen atoms in total. The number of β-amino-alcohol motifs (C(OH)–C–C–N with tert-alkyl or cyclic N) is 1. The lowest BCUT2D eigenvalue weighted by atomic mass is 10.1. The first-order valence-electron chi connectivity index (χ1n) is 8.80. The van der Waals surface area contributed by atoms with E-state index in [9.17, 15) is 9.90 Å². The minimum Gasteiger partial charge on any atom is -0.392 e. The summed E-state index contributed by atoms with van der Waals surface area (Å²) in [5.41, 5.74) is 1.64. The number of nitrogens with zero attached hydrogens (tertiary/aromatic N) is 3. The second-order valence-corrected chi connectivity index (χ2v) is 6.97. The van der Waals surface area contributed by atoms with Crippen molar-refractivity contribution in [2.75, 3.05) is 13.1 Å². The van der Waals surface area contributed by atoms with Gasteiger partial charge in [-0.15, -0.1) is 0 Å². The van der Waals surface area contributed by atoms with E-state index in [2.05, 4.69) is 27.3 Å². The van der Waals surface area contributed by atoms with Crippen molar-refractivity contribution in [3.63, 3.8) is 0 Å². The van der Waals surface area contributed by atoms with Crippen LogP contribution in [0.15, 0.2) is 42.9 Å². The molecular weight excluding hydrogens is 316 g/mol. The quantitative estimate of drug-likeness (QED) is 0.840. The number of carbonyl (C=O) groups excluding carboxylic acids is 1. The number of hydrogen-bond acceptors (Lipinski definition) is 4. The molecule has 0 bridgehead atoms. The number of aliphatic hydroxyl groups is 1. The maximum Gasteiger partial charge on any atom is 0.271 e. The van der Waals surface area contributed by atoms with Crippen LogP contribution in [0, 0.1) is 0 Å². The maximum atomic E-state index is 12.3. The van der Waals surface area contributed by atoms with Crippen molar-refractivity contribution in [3.8, 4) is 0 Å². The zero-order valence-electron chi connectivity index (χ0n) is 14.8. The Kier molecular flexibility index (Phi) is 5.50. The summed E-state index contributed by atoms with van der Waals surface area (Å²) in [4.78, 5) is 18.7. The van der Waals surface area contributed by atoms with Gasteiger partial charge in [0.15, 0.2) is 0 Å². The molecule has 2 atom stereocenters. The Balaban J connectivity index is 1.57. The highest BCUT2D eigenvalue weighted by atomic mass is 16.3. The van der Waals surface area contributed by atoms with Gasteiger partial charge < -0.3 is 15.0 Å². The Labute approximate surface area is 148 Å². The highest BCUT2D eigenvalue weighted by Gasteiger charge is 2.31. The molecule has 134 valence electrons. The monoisotopic (exact) mass is 342 g/mol. The van der Waals surface area contributed by atoms with Gasteiger partial charge in [0.25, 0.3) is 5.91 Å². The molecule has 1 aromatic heterocycles. The van der Waals surface area contributed by atoms with E-state index in [1.165, 1.54) is 5.56 Å². The van der Waals surface area contributed by atoms with Crippen LogP contribution < -0.4 is 5.32 Å². The first kappa shape index (κ1) is 17.6. The Morgan fingerprint density at radius 2 is 2.12 bits per heavy atom. The van der Waals surface area contributed by atoms with Crippen LogP contribution in [0.25, 0.3) is 0 Å². The van der Waals surface area contributed by atoms with Crippen LogP contribution in [0.2, 0.25) is 0 Å². The predicted molar refractivity (Wildman–Crippen MR) is 96.2 cm³/mol. The fourth-order valence-electron chi connectivity index (χ4n) is 3.22. The first-order valence-corrected chi connectivity index (χ1v) is 8.80. The molecule has 0 radical (unpaired) electrons. The highest BCUT2D eigenvalue weighted by Crippen LogP contribution is 2.20. The molecule has 1 amide bonds. The number of hydrogen-bond donors (Lipinski definition) is 2. The van der Waals surface area contributed by atoms with E-state index in [0.29, 0.717) is 25.2 Å². The number of aromatic nitrogens is 2. The van der Waals surface area contributed by atoms with Gasteiger partial charge in [0.05, 0.1) is 12.4 Å². The molecule has 1 aromatic carbocycles. The zero-order chi connectivity index (χ0) is 17.8. The van der Waals surface area contributed by atoms with Gasteiger partial charge in [-0.25, -0.2) is 4.98 Å². The lowest BCUT2D eigenvalue weighted by Crippen LogP contribution is -2.39. The van der Waals surface area contributed by atoms with Crippen molar-refractivity contribution in [2.24, 2.45) is 0 Å². The minimum atomic E-state index is -0.342. The summed E-state index contributed by atoms with van der Waals surface area (Å²) >= 11 is 0. The second-order valence-electron chi connectivity index (χ2n) is 6.97. The van der Waals surface area contributed by atoms with E-state index < -0.39 is 0 Å². The van der Waals surface area contributed by atoms with E-state index in [-0.39, 0.29) is 24.1 Å². The molecule has 1 aliphatic rings. The van der Waals surface area contributed by atoms with E-state index in [0.717, 1.165) is 6.54 Å². The van der Waals surface area contributed by atoms with E-state index >= 15 is 0 Å². The summed E-state index contributed by atoms with van der Waals surface area (Å²) in [6, 6.07) is 10.6. The zero-order valence-corrected chi connectivity index (χ0v) is 14.8. The van der Waals surface area contributed by atoms with Gasteiger partial charge in [-0.1, -0.05) is 30.3 Å². The Hall–Kier alpha value is -2.18. The molecule has 2 N–H and O–H groups in total. The summed E-state index contributed by atoms with van der Waals surface area (Å²) in [5.74, 6) is -0.166. The second kappa shape index (κ2) is 7.80. The summed E-state index contributed by atoms with van der Waals surface area (Å²) < 4.78 is 1.91. The van der Waals surface area contributed by atoms with E-state index in [1.807, 2.05) is 36.6 Å². The summed E-state index contributed by atoms with van der Waals surface area (Å²) in [5, 5.41) is 13.0.